The molecule has 2 rings (SSSR count). The summed E-state index contributed by atoms with van der Waals surface area (Å²) in [6, 6.07) is 0. The highest BCUT2D eigenvalue weighted by Crippen LogP contribution is 2.10. The summed E-state index contributed by atoms with van der Waals surface area (Å²) in [5.74, 6) is 0. The van der Waals surface area contributed by atoms with E-state index in [4.69, 9.17) is 31.9 Å². The zero-order valence-corrected chi connectivity index (χ0v) is 10.1. The maximum Gasteiger partial charge on any atom is 0.314 e. The third-order valence-corrected chi connectivity index (χ3v) is 1.33. The van der Waals surface area contributed by atoms with Gasteiger partial charge in [0.15, 0.2) is 12.4 Å². The van der Waals surface area contributed by atoms with Crippen molar-refractivity contribution in [3.63, 3.8) is 0 Å². The molecule has 8 nitrogen and oxygen atoms in total. The van der Waals surface area contributed by atoms with E-state index in [2.05, 4.69) is 16.7 Å². The minimum Gasteiger partial charge on any atom is -0.726 e. The van der Waals surface area contributed by atoms with Crippen molar-refractivity contribution in [1.82, 2.24) is 0 Å². The topological polar surface area (TPSA) is 138 Å². The highest BCUT2D eigenvalue weighted by atomic mass is 32.3. The standard InChI is InChI=1S/C7H6N.H2O4S.H3O3P/c1-3-7-4-2-6-8(7)5-1;1-5(2,3)4;1-4(2)3/h1-6H;(H2,1,2,3,4);4H,(H2,1,2,3)/q+1;;/p-1. The van der Waals surface area contributed by atoms with Crippen molar-refractivity contribution in [2.75, 3.05) is 0 Å². The molecule has 2 aliphatic heterocycles. The molecule has 96 valence electrons. The van der Waals surface area contributed by atoms with Gasteiger partial charge in [0.2, 0.25) is 16.1 Å². The summed E-state index contributed by atoms with van der Waals surface area (Å²) in [7, 11) is -8.05. The van der Waals surface area contributed by atoms with Crippen LogP contribution in [-0.2, 0) is 15.0 Å². The molecule has 0 aromatic carbocycles. The SMILES string of the molecule is C1=CC2=CC=C[N+]2=C1.O=S(=O)([O-])O.O=[PH](O)O. The molecule has 0 fully saturated rings. The molecule has 0 saturated heterocycles. The highest BCUT2D eigenvalue weighted by Gasteiger charge is 2.13. The van der Waals surface area contributed by atoms with Gasteiger partial charge in [0.25, 0.3) is 0 Å². The van der Waals surface area contributed by atoms with Crippen LogP contribution in [0.4, 0.5) is 0 Å². The maximum absolute atomic E-state index is 8.74. The summed E-state index contributed by atoms with van der Waals surface area (Å²) in [6.45, 7) is 0. The van der Waals surface area contributed by atoms with Gasteiger partial charge in [-0.05, 0) is 0 Å². The monoisotopic (exact) mass is 283 g/mol. The zero-order valence-electron chi connectivity index (χ0n) is 8.29. The predicted molar refractivity (Wildman–Crippen MR) is 58.5 cm³/mol. The summed E-state index contributed by atoms with van der Waals surface area (Å²) >= 11 is 0. The molecule has 0 aliphatic carbocycles. The second-order valence-electron chi connectivity index (χ2n) is 2.56. The van der Waals surface area contributed by atoms with Crippen LogP contribution in [0, 0.1) is 0 Å². The van der Waals surface area contributed by atoms with Gasteiger partial charge >= 0.3 is 8.25 Å². The first-order valence-electron chi connectivity index (χ1n) is 3.98. The Morgan fingerprint density at radius 3 is 2.18 bits per heavy atom. The van der Waals surface area contributed by atoms with E-state index in [9.17, 15) is 0 Å². The van der Waals surface area contributed by atoms with Gasteiger partial charge in [-0.3, -0.25) is 9.12 Å². The second-order valence-corrected chi connectivity index (χ2v) is 3.98. The number of hydrogen-bond acceptors (Lipinski definition) is 4. The maximum atomic E-state index is 8.74. The van der Waals surface area contributed by atoms with Crippen molar-refractivity contribution >= 4 is 24.9 Å². The number of fused-ring (bicyclic) bond motifs is 1. The summed E-state index contributed by atoms with van der Waals surface area (Å²) in [5.41, 5.74) is 1.27. The Labute approximate surface area is 98.1 Å². The van der Waals surface area contributed by atoms with Crippen molar-refractivity contribution in [3.8, 4) is 0 Å². The molecule has 17 heavy (non-hydrogen) atoms. The number of allylic oxidation sites excluding steroid dienone is 4. The van der Waals surface area contributed by atoms with E-state index >= 15 is 0 Å². The Morgan fingerprint density at radius 2 is 1.76 bits per heavy atom. The quantitative estimate of drug-likeness (QED) is 0.234. The normalized spacial score (nSPS) is 15.4. The molecule has 0 unspecified atom stereocenters. The van der Waals surface area contributed by atoms with Gasteiger partial charge in [-0.1, -0.05) is 0 Å². The van der Waals surface area contributed by atoms with Crippen molar-refractivity contribution in [3.05, 3.63) is 36.2 Å². The van der Waals surface area contributed by atoms with E-state index in [0.717, 1.165) is 0 Å². The average Bonchev–Trinajstić information content (AvgIpc) is 2.55. The average molecular weight is 283 g/mol. The molecule has 3 N–H and O–H groups in total. The van der Waals surface area contributed by atoms with Gasteiger partial charge in [-0.15, -0.1) is 0 Å². The third-order valence-electron chi connectivity index (χ3n) is 1.33. The molecule has 2 aliphatic rings. The Hall–Kier alpha value is -1.09. The number of hydrogen-bond donors (Lipinski definition) is 3. The van der Waals surface area contributed by atoms with Gasteiger partial charge in [-0.2, -0.15) is 4.58 Å². The lowest BCUT2D eigenvalue weighted by molar-refractivity contribution is -0.380. The fourth-order valence-electron chi connectivity index (χ4n) is 0.918. The zero-order chi connectivity index (χ0) is 13.5. The number of nitrogens with zero attached hydrogens (tertiary/aromatic N) is 1. The lowest BCUT2D eigenvalue weighted by Crippen LogP contribution is -1.91. The van der Waals surface area contributed by atoms with Gasteiger partial charge in [0, 0.05) is 24.3 Å². The Balaban J connectivity index is 0.000000250. The molecular weight excluding hydrogens is 273 g/mol. The molecule has 10 heteroatoms. The summed E-state index contributed by atoms with van der Waals surface area (Å²) in [5, 5.41) is 0. The second kappa shape index (κ2) is 7.28. The Bertz CT molecular complexity index is 464. The van der Waals surface area contributed by atoms with Crippen LogP contribution in [0.1, 0.15) is 0 Å². The fourth-order valence-corrected chi connectivity index (χ4v) is 0.918. The first kappa shape index (κ1) is 15.9. The van der Waals surface area contributed by atoms with Gasteiger partial charge in [-0.25, -0.2) is 8.42 Å². The molecule has 2 heterocycles. The van der Waals surface area contributed by atoms with Gasteiger partial charge in [0.05, 0.1) is 0 Å². The third kappa shape index (κ3) is 11.2. The van der Waals surface area contributed by atoms with E-state index in [-0.39, 0.29) is 0 Å². The first-order chi connectivity index (χ1) is 7.70. The van der Waals surface area contributed by atoms with E-state index < -0.39 is 18.7 Å². The van der Waals surface area contributed by atoms with Crippen molar-refractivity contribution < 1.29 is 36.5 Å². The van der Waals surface area contributed by atoms with Crippen LogP contribution >= 0.6 is 8.25 Å². The molecule has 0 radical (unpaired) electrons. The van der Waals surface area contributed by atoms with Crippen LogP contribution in [0.25, 0.3) is 0 Å². The number of rotatable bonds is 0. The fraction of sp³-hybridized carbons (Fsp3) is 0. The van der Waals surface area contributed by atoms with Gasteiger partial charge in [0.1, 0.15) is 0 Å². The minimum atomic E-state index is -4.92. The summed E-state index contributed by atoms with van der Waals surface area (Å²) < 4.78 is 43.7. The molecule has 0 aromatic heterocycles. The summed E-state index contributed by atoms with van der Waals surface area (Å²) in [4.78, 5) is 14.3. The smallest absolute Gasteiger partial charge is 0.314 e. The lowest BCUT2D eigenvalue weighted by Gasteiger charge is -1.88. The molecule has 0 bridgehead atoms. The van der Waals surface area contributed by atoms with Crippen LogP contribution in [0.2, 0.25) is 0 Å². The van der Waals surface area contributed by atoms with Crippen LogP contribution in [0.15, 0.2) is 36.2 Å². The van der Waals surface area contributed by atoms with Crippen LogP contribution in [-0.4, -0.2) is 38.1 Å². The van der Waals surface area contributed by atoms with Gasteiger partial charge < -0.3 is 14.3 Å². The molecule has 0 amide bonds. The van der Waals surface area contributed by atoms with Crippen molar-refractivity contribution in [2.45, 2.75) is 0 Å². The predicted octanol–water partition coefficient (Wildman–Crippen LogP) is -0.584. The lowest BCUT2D eigenvalue weighted by atomic mass is 10.4. The van der Waals surface area contributed by atoms with Crippen LogP contribution in [0.5, 0.6) is 0 Å². The Kier molecular flexibility index (Phi) is 6.81. The Morgan fingerprint density at radius 1 is 1.29 bits per heavy atom. The van der Waals surface area contributed by atoms with Crippen LogP contribution < -0.4 is 0 Å². The van der Waals surface area contributed by atoms with E-state index in [1.165, 1.54) is 5.70 Å². The molecule has 0 atom stereocenters. The molecular formula is C7H10NO7PS. The largest absolute Gasteiger partial charge is 0.726 e. The molecule has 0 aromatic rings. The minimum absolute atomic E-state index is 1.27. The first-order valence-corrected chi connectivity index (χ1v) is 6.65. The van der Waals surface area contributed by atoms with E-state index in [1.807, 2.05) is 24.6 Å². The van der Waals surface area contributed by atoms with E-state index in [0.29, 0.717) is 0 Å². The van der Waals surface area contributed by atoms with Crippen molar-refractivity contribution in [1.29, 1.82) is 0 Å². The van der Waals surface area contributed by atoms with Crippen LogP contribution in [0.3, 0.4) is 0 Å². The van der Waals surface area contributed by atoms with E-state index in [1.54, 1.807) is 0 Å². The molecule has 0 spiro atoms. The van der Waals surface area contributed by atoms with Crippen molar-refractivity contribution in [2.24, 2.45) is 0 Å². The highest BCUT2D eigenvalue weighted by molar-refractivity contribution is 7.79. The molecule has 0 saturated carbocycles. The summed E-state index contributed by atoms with van der Waals surface area (Å²) in [6.07, 6.45) is 12.3.